The van der Waals surface area contributed by atoms with Crippen molar-refractivity contribution in [3.8, 4) is 5.75 Å². The van der Waals surface area contributed by atoms with Crippen LogP contribution in [0.4, 0.5) is 0 Å². The first kappa shape index (κ1) is 28.5. The lowest BCUT2D eigenvalue weighted by molar-refractivity contribution is -0.132. The summed E-state index contributed by atoms with van der Waals surface area (Å²) in [6.07, 6.45) is 2.81. The number of amides is 3. The number of carbonyl (C=O) groups excluding carboxylic acids is 3. The molecule has 10 heteroatoms. The Hall–Kier alpha value is -4.60. The van der Waals surface area contributed by atoms with Crippen molar-refractivity contribution < 1.29 is 19.1 Å². The van der Waals surface area contributed by atoms with E-state index in [1.807, 2.05) is 79.5 Å². The quantitative estimate of drug-likeness (QED) is 0.384. The average molecular weight is 583 g/mol. The van der Waals surface area contributed by atoms with E-state index in [4.69, 9.17) is 4.74 Å². The number of carbonyl (C=O) groups is 3. The van der Waals surface area contributed by atoms with Crippen molar-refractivity contribution in [2.24, 2.45) is 5.92 Å². The van der Waals surface area contributed by atoms with Gasteiger partial charge in [-0.25, -0.2) is 0 Å². The van der Waals surface area contributed by atoms with Crippen LogP contribution in [0.3, 0.4) is 0 Å². The second kappa shape index (κ2) is 12.3. The Kier molecular flexibility index (Phi) is 8.18. The van der Waals surface area contributed by atoms with E-state index in [2.05, 4.69) is 15.4 Å². The number of aromatic nitrogens is 3. The molecule has 4 aromatic rings. The highest BCUT2D eigenvalue weighted by molar-refractivity contribution is 5.89. The summed E-state index contributed by atoms with van der Waals surface area (Å²) in [6.45, 7) is 6.54. The van der Waals surface area contributed by atoms with Gasteiger partial charge in [0.2, 0.25) is 17.7 Å². The van der Waals surface area contributed by atoms with Crippen LogP contribution in [0.1, 0.15) is 34.9 Å². The molecular formula is C33H38N6O4. The molecule has 1 fully saturated rings. The van der Waals surface area contributed by atoms with Crippen LogP contribution in [0.5, 0.6) is 5.75 Å². The maximum atomic E-state index is 13.5. The van der Waals surface area contributed by atoms with Gasteiger partial charge in [0.1, 0.15) is 18.9 Å². The van der Waals surface area contributed by atoms with Crippen LogP contribution in [-0.4, -0.2) is 81.6 Å². The number of hydrogen-bond donors (Lipinski definition) is 2. The van der Waals surface area contributed by atoms with Gasteiger partial charge >= 0.3 is 0 Å². The second-order valence-corrected chi connectivity index (χ2v) is 11.6. The molecule has 2 N–H and O–H groups in total. The topological polar surface area (TPSA) is 113 Å². The summed E-state index contributed by atoms with van der Waals surface area (Å²) in [5.41, 5.74) is 4.73. The van der Waals surface area contributed by atoms with E-state index in [1.165, 1.54) is 0 Å². The van der Waals surface area contributed by atoms with Crippen molar-refractivity contribution in [3.05, 3.63) is 83.3 Å². The van der Waals surface area contributed by atoms with Crippen LogP contribution in [0.25, 0.3) is 10.9 Å². The van der Waals surface area contributed by atoms with Gasteiger partial charge in [-0.2, -0.15) is 5.10 Å². The highest BCUT2D eigenvalue weighted by atomic mass is 16.5. The van der Waals surface area contributed by atoms with Crippen LogP contribution in [-0.2, 0) is 27.3 Å². The van der Waals surface area contributed by atoms with Gasteiger partial charge in [-0.05, 0) is 55.7 Å². The molecular weight excluding hydrogens is 544 g/mol. The first-order chi connectivity index (χ1) is 20.9. The fourth-order valence-corrected chi connectivity index (χ4v) is 6.31. The Morgan fingerprint density at radius 2 is 1.81 bits per heavy atom. The molecule has 224 valence electrons. The summed E-state index contributed by atoms with van der Waals surface area (Å²) < 4.78 is 7.85. The predicted octanol–water partition coefficient (Wildman–Crippen LogP) is 3.19. The van der Waals surface area contributed by atoms with Gasteiger partial charge in [0.25, 0.3) is 0 Å². The zero-order valence-electron chi connectivity index (χ0n) is 24.7. The molecule has 6 rings (SSSR count). The van der Waals surface area contributed by atoms with Gasteiger partial charge in [0.05, 0.1) is 24.6 Å². The minimum absolute atomic E-state index is 0.0214. The second-order valence-electron chi connectivity index (χ2n) is 11.6. The highest BCUT2D eigenvalue weighted by Crippen LogP contribution is 2.35. The monoisotopic (exact) mass is 582 g/mol. The third-order valence-corrected chi connectivity index (χ3v) is 8.59. The number of benzene rings is 2. The van der Waals surface area contributed by atoms with Crippen molar-refractivity contribution in [3.63, 3.8) is 0 Å². The van der Waals surface area contributed by atoms with Crippen LogP contribution in [0.2, 0.25) is 0 Å². The normalized spacial score (nSPS) is 19.4. The van der Waals surface area contributed by atoms with Crippen molar-refractivity contribution in [2.75, 3.05) is 39.3 Å². The fourth-order valence-electron chi connectivity index (χ4n) is 6.31. The Morgan fingerprint density at radius 1 is 0.977 bits per heavy atom. The number of likely N-dealkylation sites (tertiary alicyclic amines) is 1. The third-order valence-electron chi connectivity index (χ3n) is 8.59. The Bertz CT molecular complexity index is 1640. The first-order valence-corrected chi connectivity index (χ1v) is 15.0. The van der Waals surface area contributed by atoms with Crippen LogP contribution in [0.15, 0.2) is 60.8 Å². The molecule has 2 aliphatic rings. The molecule has 4 heterocycles. The van der Waals surface area contributed by atoms with E-state index in [-0.39, 0.29) is 42.5 Å². The molecule has 0 saturated carbocycles. The first-order valence-electron chi connectivity index (χ1n) is 15.0. The molecule has 2 atom stereocenters. The third kappa shape index (κ3) is 6.28. The number of para-hydroxylation sites is 1. The number of nitrogens with one attached hydrogen (secondary N) is 2. The molecule has 0 aliphatic carbocycles. The Morgan fingerprint density at radius 3 is 2.65 bits per heavy atom. The van der Waals surface area contributed by atoms with Gasteiger partial charge in [-0.15, -0.1) is 0 Å². The van der Waals surface area contributed by atoms with Gasteiger partial charge in [0.15, 0.2) is 0 Å². The summed E-state index contributed by atoms with van der Waals surface area (Å²) in [5, 5.41) is 8.58. The van der Waals surface area contributed by atoms with E-state index >= 15 is 0 Å². The number of ether oxygens (including phenoxy) is 1. The summed E-state index contributed by atoms with van der Waals surface area (Å²) in [6, 6.07) is 17.7. The number of rotatable bonds is 4. The zero-order valence-corrected chi connectivity index (χ0v) is 24.7. The molecule has 0 unspecified atom stereocenters. The summed E-state index contributed by atoms with van der Waals surface area (Å²) >= 11 is 0. The number of aromatic amines is 1. The molecule has 43 heavy (non-hydrogen) atoms. The van der Waals surface area contributed by atoms with Crippen LogP contribution >= 0.6 is 0 Å². The zero-order chi connectivity index (χ0) is 29.9. The molecule has 2 aromatic heterocycles. The maximum Gasteiger partial charge on any atom is 0.244 e. The summed E-state index contributed by atoms with van der Waals surface area (Å²) in [7, 11) is 0. The van der Waals surface area contributed by atoms with Crippen molar-refractivity contribution in [2.45, 2.75) is 39.2 Å². The number of nitrogens with zero attached hydrogens (tertiary/aromatic N) is 4. The molecule has 1 saturated heterocycles. The number of hydrogen-bond acceptors (Lipinski definition) is 5. The fraction of sp³-hybridized carbons (Fsp3) is 0.394. The SMILES string of the molecule is Cc1cc(C)n(CC(=O)N2C[C@@H]3C(=O)NCCCN(C(=O)Cc4c[nH]c5ccccc45)CCOc4cccc(c4)[C@H]3C2)n1. The predicted molar refractivity (Wildman–Crippen MR) is 163 cm³/mol. The molecule has 10 nitrogen and oxygen atoms in total. The minimum Gasteiger partial charge on any atom is -0.492 e. The van der Waals surface area contributed by atoms with E-state index in [1.54, 1.807) is 9.58 Å². The van der Waals surface area contributed by atoms with Crippen LogP contribution < -0.4 is 10.1 Å². The Labute approximate surface area is 251 Å². The van der Waals surface area contributed by atoms with Crippen molar-refractivity contribution in [1.29, 1.82) is 0 Å². The highest BCUT2D eigenvalue weighted by Gasteiger charge is 2.40. The lowest BCUT2D eigenvalue weighted by atomic mass is 9.88. The minimum atomic E-state index is -0.387. The average Bonchev–Trinajstić information content (AvgIpc) is 3.71. The van der Waals surface area contributed by atoms with E-state index in [9.17, 15) is 14.4 Å². The molecule has 0 spiro atoms. The van der Waals surface area contributed by atoms with E-state index in [0.29, 0.717) is 51.5 Å². The van der Waals surface area contributed by atoms with E-state index < -0.39 is 0 Å². The molecule has 3 amide bonds. The lowest BCUT2D eigenvalue weighted by Gasteiger charge is -2.24. The molecule has 2 aromatic carbocycles. The molecule has 2 bridgehead atoms. The van der Waals surface area contributed by atoms with Crippen LogP contribution in [0, 0.1) is 19.8 Å². The number of aryl methyl sites for hydroxylation is 2. The molecule has 0 radical (unpaired) electrons. The van der Waals surface area contributed by atoms with Gasteiger partial charge in [-0.1, -0.05) is 30.3 Å². The van der Waals surface area contributed by atoms with Crippen molar-refractivity contribution in [1.82, 2.24) is 29.9 Å². The summed E-state index contributed by atoms with van der Waals surface area (Å²) in [5.74, 6) is 0.0401. The van der Waals surface area contributed by atoms with E-state index in [0.717, 1.165) is 33.4 Å². The van der Waals surface area contributed by atoms with Crippen molar-refractivity contribution >= 4 is 28.6 Å². The largest absolute Gasteiger partial charge is 0.492 e. The van der Waals surface area contributed by atoms with Gasteiger partial charge in [0, 0.05) is 54.9 Å². The smallest absolute Gasteiger partial charge is 0.244 e. The standard InChI is InChI=1S/C33H38N6O4/c1-22-15-23(2)39(36-22)21-32(41)38-19-28-24-7-5-8-26(16-24)43-14-13-37(12-6-11-34-33(42)29(28)20-38)31(40)17-25-18-35-30-10-4-3-9-27(25)30/h3-5,7-10,15-16,18,28-29,35H,6,11-14,17,19-21H2,1-2H3,(H,34,42)/t28-,29+/m1/s1. The lowest BCUT2D eigenvalue weighted by Crippen LogP contribution is -2.40. The van der Waals surface area contributed by atoms with Gasteiger partial charge < -0.3 is 24.8 Å². The summed E-state index contributed by atoms with van der Waals surface area (Å²) in [4.78, 5) is 47.1. The maximum absolute atomic E-state index is 13.5. The number of fused-ring (bicyclic) bond motifs is 5. The Balaban J connectivity index is 1.16. The van der Waals surface area contributed by atoms with Gasteiger partial charge in [-0.3, -0.25) is 19.1 Å². The molecule has 2 aliphatic heterocycles. The number of H-pyrrole nitrogens is 1.